The molecule has 0 saturated carbocycles. The average Bonchev–Trinajstić information content (AvgIpc) is 3.43. The number of aryl methyl sites for hydroxylation is 1. The number of carbonyl (C=O) groups excluding carboxylic acids is 1. The molecule has 0 bridgehead atoms. The molecule has 5 rings (SSSR count). The Kier molecular flexibility index (Phi) is 7.06. The minimum Gasteiger partial charge on any atom is -0.366 e. The van der Waals surface area contributed by atoms with Crippen LogP contribution >= 0.6 is 0 Å². The van der Waals surface area contributed by atoms with Crippen LogP contribution < -0.4 is 11.1 Å². The summed E-state index contributed by atoms with van der Waals surface area (Å²) in [6.45, 7) is 5.69. The van der Waals surface area contributed by atoms with Gasteiger partial charge < -0.3 is 11.1 Å². The number of hydrogen-bond donors (Lipinski definition) is 2. The van der Waals surface area contributed by atoms with E-state index in [1.807, 2.05) is 37.1 Å². The van der Waals surface area contributed by atoms with Crippen LogP contribution in [0, 0.1) is 6.92 Å². The zero-order chi connectivity index (χ0) is 26.9. The maximum absolute atomic E-state index is 13.2. The molecule has 1 aliphatic rings. The predicted molar refractivity (Wildman–Crippen MR) is 146 cm³/mol. The van der Waals surface area contributed by atoms with Crippen LogP contribution in [-0.2, 0) is 10.0 Å². The lowest BCUT2D eigenvalue weighted by atomic mass is 9.98. The van der Waals surface area contributed by atoms with Gasteiger partial charge in [0.1, 0.15) is 5.52 Å². The number of sulfonamides is 1. The summed E-state index contributed by atoms with van der Waals surface area (Å²) in [7, 11) is -3.63. The number of hydrazine groups is 1. The summed E-state index contributed by atoms with van der Waals surface area (Å²) in [5.74, 6) is -0.189. The van der Waals surface area contributed by atoms with Gasteiger partial charge in [0, 0.05) is 30.9 Å². The van der Waals surface area contributed by atoms with E-state index in [2.05, 4.69) is 20.5 Å². The molecule has 0 spiro atoms. The fraction of sp³-hybridized carbons (Fsp3) is 0.259. The molecule has 1 aliphatic heterocycles. The van der Waals surface area contributed by atoms with Gasteiger partial charge in [-0.1, -0.05) is 12.1 Å². The first-order valence-corrected chi connectivity index (χ1v) is 13.9. The van der Waals surface area contributed by atoms with Gasteiger partial charge in [0.15, 0.2) is 0 Å². The molecule has 1 saturated heterocycles. The first-order valence-electron chi connectivity index (χ1n) is 12.5. The highest BCUT2D eigenvalue weighted by Crippen LogP contribution is 2.28. The van der Waals surface area contributed by atoms with Gasteiger partial charge in [0.05, 0.1) is 10.4 Å². The normalized spacial score (nSPS) is 14.3. The molecule has 2 heterocycles. The number of amides is 1. The van der Waals surface area contributed by atoms with Gasteiger partial charge in [-0.2, -0.15) is 0 Å². The van der Waals surface area contributed by atoms with Crippen LogP contribution in [0.4, 0.5) is 11.6 Å². The second kappa shape index (κ2) is 10.4. The van der Waals surface area contributed by atoms with E-state index in [0.29, 0.717) is 34.8 Å². The number of rotatable bonds is 8. The number of carbonyl (C=O) groups is 1. The molecule has 38 heavy (non-hydrogen) atoms. The minimum atomic E-state index is -3.63. The molecule has 0 unspecified atom stereocenters. The standard InChI is InChI=1S/C27H29N7O3S/c1-3-34(33-13-4-5-14-33)38(36,37)22-11-9-21(10-12-22)29-27-30-24-15-18(2)23(17-25(24)31-32-27)19-7-6-8-20(16-19)26(28)35/h6-12,15-17H,3-5,13-14H2,1-2H3,(H2,28,35)(H,29,30,32). The quantitative estimate of drug-likeness (QED) is 0.350. The second-order valence-electron chi connectivity index (χ2n) is 9.19. The van der Waals surface area contributed by atoms with Crippen LogP contribution in [0.5, 0.6) is 0 Å². The molecule has 3 N–H and O–H groups in total. The van der Waals surface area contributed by atoms with Crippen LogP contribution in [-0.4, -0.2) is 58.6 Å². The molecule has 11 heteroatoms. The number of hydrogen-bond acceptors (Lipinski definition) is 8. The van der Waals surface area contributed by atoms with Gasteiger partial charge >= 0.3 is 0 Å². The molecule has 0 radical (unpaired) electrons. The third-order valence-electron chi connectivity index (χ3n) is 6.61. The van der Waals surface area contributed by atoms with Crippen molar-refractivity contribution in [1.29, 1.82) is 0 Å². The lowest BCUT2D eigenvalue weighted by molar-refractivity contribution is 0.0952. The lowest BCUT2D eigenvalue weighted by Crippen LogP contribution is -2.44. The molecule has 1 fully saturated rings. The molecule has 0 aliphatic carbocycles. The highest BCUT2D eigenvalue weighted by Gasteiger charge is 2.30. The topological polar surface area (TPSA) is 134 Å². The molecule has 1 amide bonds. The largest absolute Gasteiger partial charge is 0.366 e. The zero-order valence-electron chi connectivity index (χ0n) is 21.3. The SMILES string of the molecule is CCN(N1CCCC1)S(=O)(=O)c1ccc(Nc2nnc3cc(-c4cccc(C(N)=O)c4)c(C)cc3n2)cc1. The van der Waals surface area contributed by atoms with Crippen molar-refractivity contribution in [2.45, 2.75) is 31.6 Å². The number of primary amides is 1. The van der Waals surface area contributed by atoms with Gasteiger partial charge in [0.2, 0.25) is 11.9 Å². The van der Waals surface area contributed by atoms with Crippen LogP contribution in [0.3, 0.4) is 0 Å². The number of nitrogens with zero attached hydrogens (tertiary/aromatic N) is 5. The highest BCUT2D eigenvalue weighted by atomic mass is 32.2. The van der Waals surface area contributed by atoms with E-state index in [0.717, 1.165) is 42.6 Å². The van der Waals surface area contributed by atoms with Gasteiger partial charge in [-0.3, -0.25) is 4.79 Å². The van der Waals surface area contributed by atoms with E-state index < -0.39 is 15.9 Å². The van der Waals surface area contributed by atoms with Crippen molar-refractivity contribution < 1.29 is 13.2 Å². The maximum Gasteiger partial charge on any atom is 0.255 e. The summed E-state index contributed by atoms with van der Waals surface area (Å²) in [6, 6.07) is 17.5. The smallest absolute Gasteiger partial charge is 0.255 e. The van der Waals surface area contributed by atoms with Crippen LogP contribution in [0.15, 0.2) is 65.6 Å². The number of benzene rings is 3. The van der Waals surface area contributed by atoms with E-state index in [4.69, 9.17) is 5.73 Å². The number of nitrogens with two attached hydrogens (primary N) is 1. The third-order valence-corrected chi connectivity index (χ3v) is 8.52. The second-order valence-corrected chi connectivity index (χ2v) is 11.0. The number of anilines is 2. The number of aromatic nitrogens is 3. The Hall–Kier alpha value is -3.93. The zero-order valence-corrected chi connectivity index (χ0v) is 22.1. The van der Waals surface area contributed by atoms with Crippen molar-refractivity contribution in [1.82, 2.24) is 24.6 Å². The van der Waals surface area contributed by atoms with Crippen LogP contribution in [0.2, 0.25) is 0 Å². The fourth-order valence-corrected chi connectivity index (χ4v) is 6.23. The first kappa shape index (κ1) is 25.7. The molecule has 0 atom stereocenters. The van der Waals surface area contributed by atoms with Crippen molar-refractivity contribution in [3.05, 3.63) is 71.8 Å². The van der Waals surface area contributed by atoms with E-state index in [1.165, 1.54) is 4.41 Å². The Morgan fingerprint density at radius 2 is 1.76 bits per heavy atom. The van der Waals surface area contributed by atoms with Crippen molar-refractivity contribution in [2.75, 3.05) is 25.0 Å². The molecule has 4 aromatic rings. The summed E-state index contributed by atoms with van der Waals surface area (Å²) in [5, 5.41) is 13.5. The Morgan fingerprint density at radius 1 is 1.03 bits per heavy atom. The monoisotopic (exact) mass is 531 g/mol. The highest BCUT2D eigenvalue weighted by molar-refractivity contribution is 7.89. The molecular weight excluding hydrogens is 502 g/mol. The van der Waals surface area contributed by atoms with E-state index >= 15 is 0 Å². The predicted octanol–water partition coefficient (Wildman–Crippen LogP) is 3.86. The van der Waals surface area contributed by atoms with Gasteiger partial charge in [-0.15, -0.1) is 14.6 Å². The molecule has 10 nitrogen and oxygen atoms in total. The fourth-order valence-electron chi connectivity index (χ4n) is 4.70. The molecule has 196 valence electrons. The van der Waals surface area contributed by atoms with E-state index in [-0.39, 0.29) is 4.90 Å². The Labute approximate surface area is 221 Å². The van der Waals surface area contributed by atoms with Gasteiger partial charge in [0.25, 0.3) is 10.0 Å². The summed E-state index contributed by atoms with van der Waals surface area (Å²) in [4.78, 5) is 16.4. The van der Waals surface area contributed by atoms with Crippen LogP contribution in [0.25, 0.3) is 22.2 Å². The van der Waals surface area contributed by atoms with Crippen molar-refractivity contribution in [3.8, 4) is 11.1 Å². The summed E-state index contributed by atoms with van der Waals surface area (Å²) >= 11 is 0. The average molecular weight is 532 g/mol. The maximum atomic E-state index is 13.2. The minimum absolute atomic E-state index is 0.234. The number of fused-ring (bicyclic) bond motifs is 1. The number of nitrogens with one attached hydrogen (secondary N) is 1. The lowest BCUT2D eigenvalue weighted by Gasteiger charge is -2.29. The molecule has 1 aromatic heterocycles. The molecular formula is C27H29N7O3S. The van der Waals surface area contributed by atoms with Crippen molar-refractivity contribution in [3.63, 3.8) is 0 Å². The summed E-state index contributed by atoms with van der Waals surface area (Å²) in [6.07, 6.45) is 2.00. The van der Waals surface area contributed by atoms with Crippen molar-refractivity contribution >= 4 is 38.6 Å². The Morgan fingerprint density at radius 3 is 2.45 bits per heavy atom. The van der Waals surface area contributed by atoms with Gasteiger partial charge in [-0.25, -0.2) is 18.4 Å². The molecule has 3 aromatic carbocycles. The Balaban J connectivity index is 1.37. The van der Waals surface area contributed by atoms with Crippen molar-refractivity contribution in [2.24, 2.45) is 5.73 Å². The van der Waals surface area contributed by atoms with Crippen LogP contribution in [0.1, 0.15) is 35.7 Å². The Bertz CT molecular complexity index is 1600. The van der Waals surface area contributed by atoms with E-state index in [9.17, 15) is 13.2 Å². The third kappa shape index (κ3) is 5.08. The summed E-state index contributed by atoms with van der Waals surface area (Å²) < 4.78 is 27.8. The van der Waals surface area contributed by atoms with E-state index in [1.54, 1.807) is 42.5 Å². The first-order chi connectivity index (χ1) is 18.3. The van der Waals surface area contributed by atoms with Gasteiger partial charge in [-0.05, 0) is 91.9 Å². The summed E-state index contributed by atoms with van der Waals surface area (Å²) in [5.41, 5.74) is 10.5.